The maximum atomic E-state index is 12.1. The standard InChI is InChI=1S/C18H15BrClN3O2/c19-13-2-5-15(6-3-13)22-17(24)10-21-18(25)11-23-8-7-12-1-4-14(20)9-16(12)23/h1-9H,10-11H2,(H,21,25)(H,22,24). The summed E-state index contributed by atoms with van der Waals surface area (Å²) in [5.74, 6) is -0.528. The SMILES string of the molecule is O=C(Cn1ccc2ccc(Cl)cc21)NCC(=O)Nc1ccc(Br)cc1. The van der Waals surface area contributed by atoms with Gasteiger partial charge in [-0.3, -0.25) is 9.59 Å². The Labute approximate surface area is 158 Å². The zero-order valence-corrected chi connectivity index (χ0v) is 15.5. The molecule has 0 bridgehead atoms. The Balaban J connectivity index is 1.54. The van der Waals surface area contributed by atoms with E-state index < -0.39 is 0 Å². The van der Waals surface area contributed by atoms with E-state index in [1.165, 1.54) is 0 Å². The van der Waals surface area contributed by atoms with Crippen LogP contribution in [0.3, 0.4) is 0 Å². The molecule has 7 heteroatoms. The highest BCUT2D eigenvalue weighted by molar-refractivity contribution is 9.10. The Hall–Kier alpha value is -2.31. The van der Waals surface area contributed by atoms with Crippen LogP contribution in [0.2, 0.25) is 5.02 Å². The predicted molar refractivity (Wildman–Crippen MR) is 103 cm³/mol. The lowest BCUT2D eigenvalue weighted by Crippen LogP contribution is -2.34. The number of carbonyl (C=O) groups excluding carboxylic acids is 2. The second-order valence-electron chi connectivity index (χ2n) is 5.48. The number of benzene rings is 2. The van der Waals surface area contributed by atoms with Gasteiger partial charge in [0.15, 0.2) is 0 Å². The van der Waals surface area contributed by atoms with Crippen LogP contribution >= 0.6 is 27.5 Å². The van der Waals surface area contributed by atoms with Gasteiger partial charge in [0, 0.05) is 26.9 Å². The maximum Gasteiger partial charge on any atom is 0.243 e. The lowest BCUT2D eigenvalue weighted by molar-refractivity contribution is -0.124. The highest BCUT2D eigenvalue weighted by Gasteiger charge is 2.09. The van der Waals surface area contributed by atoms with Crippen molar-refractivity contribution in [3.63, 3.8) is 0 Å². The first kappa shape index (κ1) is 17.5. The lowest BCUT2D eigenvalue weighted by atomic mass is 10.2. The molecule has 128 valence electrons. The van der Waals surface area contributed by atoms with Gasteiger partial charge in [-0.05, 0) is 47.9 Å². The third-order valence-electron chi connectivity index (χ3n) is 3.62. The number of amides is 2. The summed E-state index contributed by atoms with van der Waals surface area (Å²) in [4.78, 5) is 24.0. The van der Waals surface area contributed by atoms with Crippen LogP contribution in [0, 0.1) is 0 Å². The first-order chi connectivity index (χ1) is 12.0. The number of nitrogens with one attached hydrogen (secondary N) is 2. The molecule has 0 aliphatic carbocycles. The second kappa shape index (κ2) is 7.72. The highest BCUT2D eigenvalue weighted by atomic mass is 79.9. The normalized spacial score (nSPS) is 10.6. The van der Waals surface area contributed by atoms with E-state index in [-0.39, 0.29) is 24.9 Å². The van der Waals surface area contributed by atoms with Crippen molar-refractivity contribution in [2.24, 2.45) is 0 Å². The van der Waals surface area contributed by atoms with Gasteiger partial charge in [-0.15, -0.1) is 0 Å². The van der Waals surface area contributed by atoms with Crippen LogP contribution in [-0.2, 0) is 16.1 Å². The summed E-state index contributed by atoms with van der Waals surface area (Å²) in [5, 5.41) is 6.96. The van der Waals surface area contributed by atoms with Crippen molar-refractivity contribution < 1.29 is 9.59 Å². The Morgan fingerprint density at radius 2 is 1.80 bits per heavy atom. The molecule has 1 aromatic heterocycles. The van der Waals surface area contributed by atoms with Gasteiger partial charge < -0.3 is 15.2 Å². The zero-order chi connectivity index (χ0) is 17.8. The van der Waals surface area contributed by atoms with Gasteiger partial charge in [0.05, 0.1) is 6.54 Å². The molecule has 3 rings (SSSR count). The van der Waals surface area contributed by atoms with E-state index >= 15 is 0 Å². The molecule has 0 radical (unpaired) electrons. The molecular formula is C18H15BrClN3O2. The first-order valence-electron chi connectivity index (χ1n) is 7.58. The van der Waals surface area contributed by atoms with E-state index in [0.29, 0.717) is 10.7 Å². The summed E-state index contributed by atoms with van der Waals surface area (Å²) >= 11 is 9.33. The van der Waals surface area contributed by atoms with Crippen LogP contribution in [0.4, 0.5) is 5.69 Å². The summed E-state index contributed by atoms with van der Waals surface area (Å²) in [6.45, 7) is 0.0320. The fraction of sp³-hybridized carbons (Fsp3) is 0.111. The topological polar surface area (TPSA) is 63.1 Å². The summed E-state index contributed by atoms with van der Waals surface area (Å²) in [6, 6.07) is 14.6. The molecule has 0 spiro atoms. The number of aromatic nitrogens is 1. The van der Waals surface area contributed by atoms with Crippen molar-refractivity contribution in [2.45, 2.75) is 6.54 Å². The van der Waals surface area contributed by atoms with Crippen LogP contribution in [-0.4, -0.2) is 22.9 Å². The average Bonchev–Trinajstić information content (AvgIpc) is 2.97. The molecule has 2 N–H and O–H groups in total. The molecule has 0 unspecified atom stereocenters. The number of fused-ring (bicyclic) bond motifs is 1. The average molecular weight is 421 g/mol. The monoisotopic (exact) mass is 419 g/mol. The Bertz CT molecular complexity index is 922. The molecule has 2 amide bonds. The number of anilines is 1. The summed E-state index contributed by atoms with van der Waals surface area (Å²) in [7, 11) is 0. The van der Waals surface area contributed by atoms with Gasteiger partial charge >= 0.3 is 0 Å². The highest BCUT2D eigenvalue weighted by Crippen LogP contribution is 2.20. The van der Waals surface area contributed by atoms with Crippen molar-refractivity contribution in [1.82, 2.24) is 9.88 Å². The van der Waals surface area contributed by atoms with Crippen LogP contribution in [0.25, 0.3) is 10.9 Å². The molecule has 0 aliphatic rings. The van der Waals surface area contributed by atoms with Crippen molar-refractivity contribution >= 4 is 55.9 Å². The van der Waals surface area contributed by atoms with Gasteiger partial charge in [0.1, 0.15) is 6.54 Å². The minimum Gasteiger partial charge on any atom is -0.345 e. The van der Waals surface area contributed by atoms with Gasteiger partial charge in [0.25, 0.3) is 0 Å². The van der Waals surface area contributed by atoms with E-state index in [2.05, 4.69) is 26.6 Å². The van der Waals surface area contributed by atoms with Crippen molar-refractivity contribution in [3.8, 4) is 0 Å². The number of hydrogen-bond acceptors (Lipinski definition) is 2. The van der Waals surface area contributed by atoms with E-state index in [4.69, 9.17) is 11.6 Å². The van der Waals surface area contributed by atoms with E-state index in [9.17, 15) is 9.59 Å². The molecule has 0 aliphatic heterocycles. The molecule has 0 saturated heterocycles. The largest absolute Gasteiger partial charge is 0.345 e. The number of rotatable bonds is 5. The summed E-state index contributed by atoms with van der Waals surface area (Å²) in [5.41, 5.74) is 1.55. The minimum atomic E-state index is -0.281. The fourth-order valence-electron chi connectivity index (χ4n) is 2.42. The van der Waals surface area contributed by atoms with Crippen LogP contribution < -0.4 is 10.6 Å². The molecule has 0 saturated carbocycles. The number of carbonyl (C=O) groups is 2. The Morgan fingerprint density at radius 1 is 1.04 bits per heavy atom. The number of halogens is 2. The third kappa shape index (κ3) is 4.61. The molecular weight excluding hydrogens is 406 g/mol. The number of hydrogen-bond donors (Lipinski definition) is 2. The first-order valence-corrected chi connectivity index (χ1v) is 8.75. The van der Waals surface area contributed by atoms with E-state index in [0.717, 1.165) is 15.4 Å². The van der Waals surface area contributed by atoms with Gasteiger partial charge in [-0.25, -0.2) is 0 Å². The summed E-state index contributed by atoms with van der Waals surface area (Å²) in [6.07, 6.45) is 1.82. The van der Waals surface area contributed by atoms with Crippen molar-refractivity contribution in [2.75, 3.05) is 11.9 Å². The quantitative estimate of drug-likeness (QED) is 0.659. The molecule has 0 atom stereocenters. The molecule has 3 aromatic rings. The Kier molecular flexibility index (Phi) is 5.40. The van der Waals surface area contributed by atoms with Crippen LogP contribution in [0.15, 0.2) is 59.2 Å². The molecule has 2 aromatic carbocycles. The zero-order valence-electron chi connectivity index (χ0n) is 13.1. The van der Waals surface area contributed by atoms with Crippen LogP contribution in [0.5, 0.6) is 0 Å². The van der Waals surface area contributed by atoms with Crippen molar-refractivity contribution in [3.05, 3.63) is 64.2 Å². The van der Waals surface area contributed by atoms with Crippen LogP contribution in [0.1, 0.15) is 0 Å². The predicted octanol–water partition coefficient (Wildman–Crippen LogP) is 3.81. The van der Waals surface area contributed by atoms with Gasteiger partial charge in [-0.1, -0.05) is 33.6 Å². The number of nitrogens with zero attached hydrogens (tertiary/aromatic N) is 1. The lowest BCUT2D eigenvalue weighted by Gasteiger charge is -2.08. The molecule has 5 nitrogen and oxygen atoms in total. The van der Waals surface area contributed by atoms with Gasteiger partial charge in [0.2, 0.25) is 11.8 Å². The maximum absolute atomic E-state index is 12.1. The minimum absolute atomic E-state index is 0.0884. The Morgan fingerprint density at radius 3 is 2.56 bits per heavy atom. The molecule has 1 heterocycles. The van der Waals surface area contributed by atoms with E-state index in [1.54, 1.807) is 22.8 Å². The molecule has 0 fully saturated rings. The van der Waals surface area contributed by atoms with E-state index in [1.807, 2.05) is 36.5 Å². The summed E-state index contributed by atoms with van der Waals surface area (Å²) < 4.78 is 2.72. The third-order valence-corrected chi connectivity index (χ3v) is 4.39. The molecule has 25 heavy (non-hydrogen) atoms. The van der Waals surface area contributed by atoms with Crippen molar-refractivity contribution in [1.29, 1.82) is 0 Å². The smallest absolute Gasteiger partial charge is 0.243 e. The second-order valence-corrected chi connectivity index (χ2v) is 6.83. The van der Waals surface area contributed by atoms with Gasteiger partial charge in [-0.2, -0.15) is 0 Å². The fourth-order valence-corrected chi connectivity index (χ4v) is 2.85.